The summed E-state index contributed by atoms with van der Waals surface area (Å²) in [6.45, 7) is 2.72. The van der Waals surface area contributed by atoms with Gasteiger partial charge in [-0.15, -0.1) is 0 Å². The molecule has 0 radical (unpaired) electrons. The lowest BCUT2D eigenvalue weighted by Gasteiger charge is -2.38. The third kappa shape index (κ3) is 1.83. The van der Waals surface area contributed by atoms with Gasteiger partial charge in [0.1, 0.15) is 5.78 Å². The zero-order chi connectivity index (χ0) is 8.32. The standard InChI is InChI=1S/C7H11NO3/c1-6(9)2-7(3-8-10)4-11-5-7/h2-5H2,1H3. The van der Waals surface area contributed by atoms with Gasteiger partial charge in [-0.1, -0.05) is 5.18 Å². The SMILES string of the molecule is CC(=O)CC1(CN=O)COC1. The first-order valence-electron chi connectivity index (χ1n) is 3.55. The first-order chi connectivity index (χ1) is 5.18. The second-order valence-corrected chi connectivity index (χ2v) is 3.16. The van der Waals surface area contributed by atoms with Crippen LogP contribution in [0.5, 0.6) is 0 Å². The van der Waals surface area contributed by atoms with Gasteiger partial charge >= 0.3 is 0 Å². The third-order valence-electron chi connectivity index (χ3n) is 1.84. The van der Waals surface area contributed by atoms with E-state index in [2.05, 4.69) is 5.18 Å². The van der Waals surface area contributed by atoms with Crippen LogP contribution >= 0.6 is 0 Å². The Morgan fingerprint density at radius 2 is 2.27 bits per heavy atom. The third-order valence-corrected chi connectivity index (χ3v) is 1.84. The van der Waals surface area contributed by atoms with E-state index in [1.54, 1.807) is 0 Å². The van der Waals surface area contributed by atoms with Crippen molar-refractivity contribution < 1.29 is 9.53 Å². The van der Waals surface area contributed by atoms with Crippen LogP contribution in [0.4, 0.5) is 0 Å². The molecular weight excluding hydrogens is 146 g/mol. The molecular formula is C7H11NO3. The maximum atomic E-state index is 10.7. The molecule has 11 heavy (non-hydrogen) atoms. The second kappa shape index (κ2) is 3.09. The molecule has 1 aliphatic rings. The molecule has 1 saturated heterocycles. The van der Waals surface area contributed by atoms with Crippen LogP contribution in [0.25, 0.3) is 0 Å². The van der Waals surface area contributed by atoms with Crippen molar-refractivity contribution in [2.45, 2.75) is 13.3 Å². The van der Waals surface area contributed by atoms with E-state index < -0.39 is 0 Å². The topological polar surface area (TPSA) is 55.7 Å². The minimum Gasteiger partial charge on any atom is -0.380 e. The average molecular weight is 157 g/mol. The Morgan fingerprint density at radius 3 is 2.55 bits per heavy atom. The lowest BCUT2D eigenvalue weighted by atomic mass is 9.81. The van der Waals surface area contributed by atoms with Crippen molar-refractivity contribution in [1.82, 2.24) is 0 Å². The molecule has 0 N–H and O–H groups in total. The molecule has 0 aromatic rings. The van der Waals surface area contributed by atoms with Gasteiger partial charge in [0.25, 0.3) is 0 Å². The van der Waals surface area contributed by atoms with E-state index in [9.17, 15) is 9.70 Å². The second-order valence-electron chi connectivity index (χ2n) is 3.16. The number of nitrogens with zero attached hydrogens (tertiary/aromatic N) is 1. The van der Waals surface area contributed by atoms with Crippen LogP contribution in [0.2, 0.25) is 0 Å². The Labute approximate surface area is 64.9 Å². The number of carbonyl (C=O) groups excluding carboxylic acids is 1. The summed E-state index contributed by atoms with van der Waals surface area (Å²) in [7, 11) is 0. The van der Waals surface area contributed by atoms with E-state index in [0.29, 0.717) is 19.6 Å². The molecule has 0 unspecified atom stereocenters. The maximum absolute atomic E-state index is 10.7. The predicted octanol–water partition coefficient (Wildman–Crippen LogP) is 0.749. The maximum Gasteiger partial charge on any atom is 0.130 e. The van der Waals surface area contributed by atoms with Crippen molar-refractivity contribution in [1.29, 1.82) is 0 Å². The highest BCUT2D eigenvalue weighted by molar-refractivity contribution is 5.76. The summed E-state index contributed by atoms with van der Waals surface area (Å²) >= 11 is 0. The number of ketones is 1. The van der Waals surface area contributed by atoms with E-state index in [-0.39, 0.29) is 17.7 Å². The molecule has 4 nitrogen and oxygen atoms in total. The van der Waals surface area contributed by atoms with Crippen molar-refractivity contribution in [2.24, 2.45) is 10.6 Å². The summed E-state index contributed by atoms with van der Waals surface area (Å²) in [6, 6.07) is 0. The van der Waals surface area contributed by atoms with Gasteiger partial charge < -0.3 is 9.53 Å². The molecule has 0 aromatic carbocycles. The molecule has 1 heterocycles. The summed E-state index contributed by atoms with van der Waals surface area (Å²) < 4.78 is 4.94. The molecule has 1 rings (SSSR count). The van der Waals surface area contributed by atoms with E-state index >= 15 is 0 Å². The van der Waals surface area contributed by atoms with E-state index in [0.717, 1.165) is 0 Å². The first-order valence-corrected chi connectivity index (χ1v) is 3.55. The summed E-state index contributed by atoms with van der Waals surface area (Å²) in [5.41, 5.74) is -0.256. The Kier molecular flexibility index (Phi) is 2.34. The fourth-order valence-corrected chi connectivity index (χ4v) is 1.31. The number of ether oxygens (including phenoxy) is 1. The van der Waals surface area contributed by atoms with E-state index in [1.807, 2.05) is 0 Å². The van der Waals surface area contributed by atoms with Crippen molar-refractivity contribution >= 4 is 5.78 Å². The van der Waals surface area contributed by atoms with Gasteiger partial charge in [-0.2, -0.15) is 4.91 Å². The van der Waals surface area contributed by atoms with Crippen LogP contribution < -0.4 is 0 Å². The molecule has 0 amide bonds. The van der Waals surface area contributed by atoms with Crippen LogP contribution in [0.1, 0.15) is 13.3 Å². The van der Waals surface area contributed by atoms with Gasteiger partial charge in [-0.3, -0.25) is 0 Å². The van der Waals surface area contributed by atoms with E-state index in [1.165, 1.54) is 6.92 Å². The molecule has 1 aliphatic heterocycles. The number of carbonyl (C=O) groups is 1. The van der Waals surface area contributed by atoms with Gasteiger partial charge in [0.2, 0.25) is 0 Å². The summed E-state index contributed by atoms with van der Waals surface area (Å²) in [4.78, 5) is 20.7. The monoisotopic (exact) mass is 157 g/mol. The predicted molar refractivity (Wildman–Crippen MR) is 39.2 cm³/mol. The van der Waals surface area contributed by atoms with Crippen molar-refractivity contribution in [3.8, 4) is 0 Å². The lowest BCUT2D eigenvalue weighted by Crippen LogP contribution is -2.46. The normalized spacial score (nSPS) is 20.5. The Hall–Kier alpha value is -0.770. The number of hydrogen-bond donors (Lipinski definition) is 0. The van der Waals surface area contributed by atoms with Crippen LogP contribution in [0.3, 0.4) is 0 Å². The zero-order valence-corrected chi connectivity index (χ0v) is 6.50. The molecule has 62 valence electrons. The summed E-state index contributed by atoms with van der Waals surface area (Å²) in [5, 5.41) is 2.80. The molecule has 0 spiro atoms. The number of rotatable bonds is 4. The Balaban J connectivity index is 2.45. The van der Waals surface area contributed by atoms with Gasteiger partial charge in [-0.25, -0.2) is 0 Å². The zero-order valence-electron chi connectivity index (χ0n) is 6.50. The fraction of sp³-hybridized carbons (Fsp3) is 0.857. The van der Waals surface area contributed by atoms with E-state index in [4.69, 9.17) is 4.74 Å². The van der Waals surface area contributed by atoms with Crippen LogP contribution in [0.15, 0.2) is 5.18 Å². The molecule has 0 aliphatic carbocycles. The summed E-state index contributed by atoms with van der Waals surface area (Å²) in [6.07, 6.45) is 0.415. The van der Waals surface area contributed by atoms with Crippen molar-refractivity contribution in [2.75, 3.05) is 19.8 Å². The molecule has 0 atom stereocenters. The number of Topliss-reactive ketones (excluding diaryl/α,β-unsaturated/α-hetero) is 1. The van der Waals surface area contributed by atoms with Gasteiger partial charge in [-0.05, 0) is 6.92 Å². The van der Waals surface area contributed by atoms with Crippen LogP contribution in [-0.4, -0.2) is 25.5 Å². The average Bonchev–Trinajstić information content (AvgIpc) is 1.82. The van der Waals surface area contributed by atoms with Crippen LogP contribution in [-0.2, 0) is 9.53 Å². The number of hydrogen-bond acceptors (Lipinski definition) is 4. The molecule has 4 heteroatoms. The quantitative estimate of drug-likeness (QED) is 0.566. The Morgan fingerprint density at radius 1 is 1.64 bits per heavy atom. The van der Waals surface area contributed by atoms with Gasteiger partial charge in [0.15, 0.2) is 0 Å². The van der Waals surface area contributed by atoms with Crippen molar-refractivity contribution in [3.05, 3.63) is 4.91 Å². The smallest absolute Gasteiger partial charge is 0.130 e. The molecule has 1 fully saturated rings. The molecule has 0 saturated carbocycles. The minimum atomic E-state index is -0.256. The highest BCUT2D eigenvalue weighted by Gasteiger charge is 2.40. The Bertz CT molecular complexity index is 175. The lowest BCUT2D eigenvalue weighted by molar-refractivity contribution is -0.137. The minimum absolute atomic E-state index is 0.0944. The summed E-state index contributed by atoms with van der Waals surface area (Å²) in [5.74, 6) is 0.0944. The highest BCUT2D eigenvalue weighted by atomic mass is 16.5. The molecule has 0 bridgehead atoms. The first kappa shape index (κ1) is 8.33. The largest absolute Gasteiger partial charge is 0.380 e. The molecule has 0 aromatic heterocycles. The van der Waals surface area contributed by atoms with Gasteiger partial charge in [0.05, 0.1) is 19.8 Å². The van der Waals surface area contributed by atoms with Crippen molar-refractivity contribution in [3.63, 3.8) is 0 Å². The van der Waals surface area contributed by atoms with Gasteiger partial charge in [0, 0.05) is 11.8 Å². The highest BCUT2D eigenvalue weighted by Crippen LogP contribution is 2.31. The van der Waals surface area contributed by atoms with Crippen LogP contribution in [0, 0.1) is 10.3 Å². The number of nitroso groups, excluding NO2 is 1. The fourth-order valence-electron chi connectivity index (χ4n) is 1.31.